The number of aliphatic carboxylic acids is 1. The number of aliphatic hydroxyl groups is 1. The summed E-state index contributed by atoms with van der Waals surface area (Å²) in [6.45, 7) is 9.70. The molecule has 2 unspecified atom stereocenters. The van der Waals surface area contributed by atoms with Crippen molar-refractivity contribution in [3.8, 4) is 0 Å². The van der Waals surface area contributed by atoms with Gasteiger partial charge in [0.25, 0.3) is 0 Å². The van der Waals surface area contributed by atoms with Gasteiger partial charge in [-0.15, -0.1) is 0 Å². The van der Waals surface area contributed by atoms with Gasteiger partial charge in [0.2, 0.25) is 5.91 Å². The number of aliphatic hydroxyl groups excluding tert-OH is 1. The molecule has 0 aromatic heterocycles. The smallest absolute Gasteiger partial charge is 0.303 e. The second-order valence-corrected chi connectivity index (χ2v) is 14.1. The summed E-state index contributed by atoms with van der Waals surface area (Å²) < 4.78 is 13.2. The first-order valence-corrected chi connectivity index (χ1v) is 15.8. The van der Waals surface area contributed by atoms with Crippen molar-refractivity contribution in [2.45, 2.75) is 110 Å². The van der Waals surface area contributed by atoms with E-state index in [1.807, 2.05) is 36.4 Å². The normalized spacial score (nSPS) is 28.5. The monoisotopic (exact) mass is 592 g/mol. The highest BCUT2D eigenvalue weighted by molar-refractivity contribution is 5.75. The fourth-order valence-corrected chi connectivity index (χ4v) is 7.73. The minimum Gasteiger partial charge on any atom is -0.481 e. The summed E-state index contributed by atoms with van der Waals surface area (Å²) >= 11 is 0. The highest BCUT2D eigenvalue weighted by atomic mass is 16.7. The molecule has 3 aliphatic rings. The number of fused-ring (bicyclic) bond motifs is 2. The molecule has 1 aliphatic carbocycles. The van der Waals surface area contributed by atoms with Crippen molar-refractivity contribution >= 4 is 11.9 Å². The molecule has 0 spiro atoms. The number of amides is 1. The number of nitrogens with one attached hydrogen (secondary N) is 1. The summed E-state index contributed by atoms with van der Waals surface area (Å²) in [5.74, 6) is -0.907. The van der Waals surface area contributed by atoms with E-state index in [0.29, 0.717) is 42.7 Å². The Morgan fingerprint density at radius 1 is 0.930 bits per heavy atom. The molecule has 1 saturated carbocycles. The molecule has 2 aromatic carbocycles. The number of hydrogen-bond donors (Lipinski definition) is 3. The number of ether oxygens (including phenoxy) is 2. The average Bonchev–Trinajstić information content (AvgIpc) is 3.21. The highest BCUT2D eigenvalue weighted by Gasteiger charge is 2.50. The average molecular weight is 593 g/mol. The number of likely N-dealkylation sites (tertiary alicyclic amines) is 1. The molecule has 8 nitrogen and oxygen atoms in total. The van der Waals surface area contributed by atoms with E-state index < -0.39 is 12.3 Å². The van der Waals surface area contributed by atoms with E-state index in [-0.39, 0.29) is 31.1 Å². The summed E-state index contributed by atoms with van der Waals surface area (Å²) in [6, 6.07) is 16.6. The molecular formula is C35H48N2O6. The van der Waals surface area contributed by atoms with E-state index >= 15 is 0 Å². The lowest BCUT2D eigenvalue weighted by molar-refractivity contribution is -0.253. The lowest BCUT2D eigenvalue weighted by atomic mass is 9.65. The zero-order valence-electron chi connectivity index (χ0n) is 25.9. The lowest BCUT2D eigenvalue weighted by Crippen LogP contribution is -2.42. The third-order valence-corrected chi connectivity index (χ3v) is 9.36. The molecule has 5 atom stereocenters. The van der Waals surface area contributed by atoms with Gasteiger partial charge in [-0.25, -0.2) is 0 Å². The second-order valence-electron chi connectivity index (χ2n) is 14.1. The first-order valence-electron chi connectivity index (χ1n) is 15.8. The Bertz CT molecular complexity index is 1250. The van der Waals surface area contributed by atoms with Crippen LogP contribution in [-0.2, 0) is 32.2 Å². The largest absolute Gasteiger partial charge is 0.481 e. The molecule has 2 heterocycles. The van der Waals surface area contributed by atoms with Gasteiger partial charge in [0.15, 0.2) is 6.29 Å². The first kappa shape index (κ1) is 31.6. The third-order valence-electron chi connectivity index (χ3n) is 9.36. The molecule has 234 valence electrons. The molecule has 2 aliphatic heterocycles. The van der Waals surface area contributed by atoms with Crippen LogP contribution in [0, 0.1) is 10.8 Å². The molecule has 8 heteroatoms. The van der Waals surface area contributed by atoms with E-state index in [9.17, 15) is 14.7 Å². The van der Waals surface area contributed by atoms with Crippen LogP contribution in [0.4, 0.5) is 0 Å². The Hall–Kier alpha value is -2.78. The number of nitrogens with zero attached hydrogens (tertiary/aromatic N) is 1. The number of carbonyl (C=O) groups excluding carboxylic acids is 1. The molecule has 2 aromatic rings. The number of carboxylic acid groups (broad SMARTS) is 1. The topological polar surface area (TPSA) is 108 Å². The molecule has 43 heavy (non-hydrogen) atoms. The van der Waals surface area contributed by atoms with E-state index in [0.717, 1.165) is 41.8 Å². The number of unbranched alkanes of at least 4 members (excludes halogenated alkanes) is 1. The fraction of sp³-hybridized carbons (Fsp3) is 0.600. The van der Waals surface area contributed by atoms with Gasteiger partial charge in [0.05, 0.1) is 18.8 Å². The Morgan fingerprint density at radius 3 is 2.30 bits per heavy atom. The Morgan fingerprint density at radius 2 is 1.60 bits per heavy atom. The second kappa shape index (κ2) is 13.5. The van der Waals surface area contributed by atoms with E-state index in [4.69, 9.17) is 14.6 Å². The number of carboxylic acids is 1. The molecule has 5 rings (SSSR count). The van der Waals surface area contributed by atoms with Crippen LogP contribution in [0.15, 0.2) is 48.5 Å². The number of rotatable bonds is 12. The van der Waals surface area contributed by atoms with Crippen LogP contribution in [0.2, 0.25) is 0 Å². The van der Waals surface area contributed by atoms with Crippen molar-refractivity contribution in [1.29, 1.82) is 0 Å². The Labute approximate surface area is 255 Å². The zero-order valence-corrected chi connectivity index (χ0v) is 25.9. The summed E-state index contributed by atoms with van der Waals surface area (Å²) in [7, 11) is 0. The van der Waals surface area contributed by atoms with Crippen molar-refractivity contribution in [1.82, 2.24) is 10.2 Å². The van der Waals surface area contributed by atoms with Crippen molar-refractivity contribution in [2.75, 3.05) is 13.1 Å². The molecule has 3 fully saturated rings. The Balaban J connectivity index is 1.24. The molecule has 3 N–H and O–H groups in total. The number of benzene rings is 2. The minimum absolute atomic E-state index is 0.0170. The van der Waals surface area contributed by atoms with Crippen molar-refractivity contribution in [3.05, 3.63) is 70.8 Å². The summed E-state index contributed by atoms with van der Waals surface area (Å²) in [5, 5.41) is 21.2. The van der Waals surface area contributed by atoms with Gasteiger partial charge in [0.1, 0.15) is 0 Å². The van der Waals surface area contributed by atoms with Crippen molar-refractivity contribution < 1.29 is 29.3 Å². The van der Waals surface area contributed by atoms with Crippen LogP contribution in [0.3, 0.4) is 0 Å². The lowest BCUT2D eigenvalue weighted by Gasteiger charge is -2.41. The molecular weight excluding hydrogens is 544 g/mol. The predicted octanol–water partition coefficient (Wildman–Crippen LogP) is 5.89. The van der Waals surface area contributed by atoms with E-state index in [1.165, 1.54) is 19.3 Å². The number of carbonyl (C=O) groups is 2. The van der Waals surface area contributed by atoms with Gasteiger partial charge in [-0.1, -0.05) is 69.3 Å². The summed E-state index contributed by atoms with van der Waals surface area (Å²) in [6.07, 6.45) is 5.40. The summed E-state index contributed by atoms with van der Waals surface area (Å²) in [5.41, 5.74) is 4.62. The van der Waals surface area contributed by atoms with Crippen molar-refractivity contribution in [2.24, 2.45) is 10.8 Å². The highest BCUT2D eigenvalue weighted by Crippen LogP contribution is 2.53. The fourth-order valence-electron chi connectivity index (χ4n) is 7.73. The Kier molecular flexibility index (Phi) is 9.91. The van der Waals surface area contributed by atoms with Gasteiger partial charge >= 0.3 is 5.97 Å². The number of hydrogen-bond acceptors (Lipinski definition) is 6. The zero-order chi connectivity index (χ0) is 30.6. The minimum atomic E-state index is -0.833. The quantitative estimate of drug-likeness (QED) is 0.264. The van der Waals surface area contributed by atoms with E-state index in [1.54, 1.807) is 0 Å². The van der Waals surface area contributed by atoms with Crippen molar-refractivity contribution in [3.63, 3.8) is 0 Å². The molecule has 0 radical (unpaired) electrons. The van der Waals surface area contributed by atoms with Gasteiger partial charge in [-0.3, -0.25) is 14.5 Å². The van der Waals surface area contributed by atoms with Gasteiger partial charge in [0, 0.05) is 50.5 Å². The molecule has 2 saturated heterocycles. The predicted molar refractivity (Wildman–Crippen MR) is 164 cm³/mol. The SMILES string of the molecule is CC1(C)CC2CC(C)(CN2C[C@@H]2C[C@H](c3ccc(CO)cc3)O[C@H](c3ccc(CNC(=O)CCCCC(=O)O)cc3)O2)C1. The van der Waals surface area contributed by atoms with Crippen LogP contribution < -0.4 is 5.32 Å². The molecule has 2 bridgehead atoms. The standard InChI is InChI=1S/C35H48N2O6/c1-34(2)17-28-18-35(3,22-34)23-37(28)20-29-16-30(26-12-10-25(21-38)11-13-26)43-33(42-29)27-14-8-24(9-15-27)19-36-31(39)6-4-5-7-32(40)41/h8-15,28-30,33,38H,4-7,16-23H2,1-3H3,(H,36,39)(H,40,41)/t28?,29-,30+,33+,35?/m0/s1. The van der Waals surface area contributed by atoms with Crippen LogP contribution in [0.25, 0.3) is 0 Å². The first-order chi connectivity index (χ1) is 20.5. The maximum Gasteiger partial charge on any atom is 0.303 e. The maximum absolute atomic E-state index is 12.2. The van der Waals surface area contributed by atoms with Crippen LogP contribution in [0.1, 0.15) is 107 Å². The van der Waals surface area contributed by atoms with Gasteiger partial charge in [-0.2, -0.15) is 0 Å². The van der Waals surface area contributed by atoms with Crippen LogP contribution in [0.5, 0.6) is 0 Å². The van der Waals surface area contributed by atoms with Gasteiger partial charge < -0.3 is 25.0 Å². The maximum atomic E-state index is 12.2. The van der Waals surface area contributed by atoms with Crippen LogP contribution >= 0.6 is 0 Å². The summed E-state index contributed by atoms with van der Waals surface area (Å²) in [4.78, 5) is 25.5. The van der Waals surface area contributed by atoms with E-state index in [2.05, 4.69) is 43.1 Å². The third kappa shape index (κ3) is 8.44. The van der Waals surface area contributed by atoms with Crippen LogP contribution in [-0.4, -0.2) is 52.2 Å². The molecule has 1 amide bonds. The van der Waals surface area contributed by atoms with Gasteiger partial charge in [-0.05, 0) is 59.6 Å².